The molecule has 0 spiro atoms. The minimum absolute atomic E-state index is 0.202. The van der Waals surface area contributed by atoms with Crippen molar-refractivity contribution in [2.75, 3.05) is 0 Å². The van der Waals surface area contributed by atoms with E-state index in [1.807, 2.05) is 27.7 Å². The van der Waals surface area contributed by atoms with Gasteiger partial charge in [0.25, 0.3) is 0 Å². The topological polar surface area (TPSA) is 52.6 Å². The third-order valence-electron chi connectivity index (χ3n) is 11.2. The minimum atomic E-state index is -0.921. The molecule has 8 aliphatic rings. The molecular formula is C28H42O4. The van der Waals surface area contributed by atoms with Gasteiger partial charge in [-0.05, 0) is 140 Å². The van der Waals surface area contributed by atoms with E-state index in [2.05, 4.69) is 0 Å². The molecule has 0 atom stereocenters. The van der Waals surface area contributed by atoms with Crippen molar-refractivity contribution in [2.45, 2.75) is 116 Å². The molecule has 0 saturated heterocycles. The van der Waals surface area contributed by atoms with Gasteiger partial charge in [0, 0.05) is 0 Å². The SMILES string of the molecule is CC(C)(C(=O)OC12CC3CC(CC(C3)C1)C2)C(C)(C)C(=O)OC12CC3CC(CC(C3)C1)C2. The normalized spacial score (nSPS) is 46.4. The Balaban J connectivity index is 1.17. The molecule has 0 heterocycles. The van der Waals surface area contributed by atoms with Crippen LogP contribution in [-0.4, -0.2) is 23.1 Å². The third-order valence-corrected chi connectivity index (χ3v) is 11.2. The van der Waals surface area contributed by atoms with E-state index in [9.17, 15) is 9.59 Å². The summed E-state index contributed by atoms with van der Waals surface area (Å²) < 4.78 is 12.8. The lowest BCUT2D eigenvalue weighted by Gasteiger charge is -2.57. The van der Waals surface area contributed by atoms with Gasteiger partial charge in [0.1, 0.15) is 11.2 Å². The lowest BCUT2D eigenvalue weighted by molar-refractivity contribution is -0.215. The van der Waals surface area contributed by atoms with Crippen LogP contribution in [0.25, 0.3) is 0 Å². The monoisotopic (exact) mass is 442 g/mol. The molecule has 178 valence electrons. The quantitative estimate of drug-likeness (QED) is 0.485. The van der Waals surface area contributed by atoms with Crippen LogP contribution in [0, 0.1) is 46.3 Å². The average molecular weight is 443 g/mol. The van der Waals surface area contributed by atoms with Crippen LogP contribution in [0.5, 0.6) is 0 Å². The summed E-state index contributed by atoms with van der Waals surface area (Å²) in [6.07, 6.45) is 14.1. The highest BCUT2D eigenvalue weighted by atomic mass is 16.6. The van der Waals surface area contributed by atoms with Crippen LogP contribution < -0.4 is 0 Å². The van der Waals surface area contributed by atoms with Gasteiger partial charge < -0.3 is 9.47 Å². The van der Waals surface area contributed by atoms with Gasteiger partial charge in [0.05, 0.1) is 10.8 Å². The van der Waals surface area contributed by atoms with E-state index in [1.54, 1.807) is 0 Å². The van der Waals surface area contributed by atoms with Crippen LogP contribution in [0.4, 0.5) is 0 Å². The van der Waals surface area contributed by atoms with Crippen LogP contribution in [0.3, 0.4) is 0 Å². The molecule has 0 N–H and O–H groups in total. The van der Waals surface area contributed by atoms with Crippen molar-refractivity contribution >= 4 is 11.9 Å². The molecule has 0 aromatic heterocycles. The van der Waals surface area contributed by atoms with E-state index < -0.39 is 10.8 Å². The number of carbonyl (C=O) groups excluding carboxylic acids is 2. The Labute approximate surface area is 193 Å². The molecule has 8 bridgehead atoms. The highest BCUT2D eigenvalue weighted by molar-refractivity contribution is 5.87. The summed E-state index contributed by atoms with van der Waals surface area (Å²) in [7, 11) is 0. The number of hydrogen-bond acceptors (Lipinski definition) is 4. The van der Waals surface area contributed by atoms with Gasteiger partial charge in [0.2, 0.25) is 0 Å². The van der Waals surface area contributed by atoms with Gasteiger partial charge >= 0.3 is 11.9 Å². The first-order chi connectivity index (χ1) is 15.0. The van der Waals surface area contributed by atoms with E-state index in [-0.39, 0.29) is 23.1 Å². The first-order valence-electron chi connectivity index (χ1n) is 13.4. The molecule has 8 saturated carbocycles. The Bertz CT molecular complexity index is 683. The molecule has 0 aromatic carbocycles. The highest BCUT2D eigenvalue weighted by Crippen LogP contribution is 2.59. The molecule has 4 nitrogen and oxygen atoms in total. The number of hydrogen-bond donors (Lipinski definition) is 0. The van der Waals surface area contributed by atoms with Crippen molar-refractivity contribution in [1.82, 2.24) is 0 Å². The summed E-state index contributed by atoms with van der Waals surface area (Å²) in [5.74, 6) is 3.96. The van der Waals surface area contributed by atoms with Crippen molar-refractivity contribution < 1.29 is 19.1 Å². The minimum Gasteiger partial charge on any atom is -0.459 e. The molecule has 32 heavy (non-hydrogen) atoms. The van der Waals surface area contributed by atoms with Crippen LogP contribution >= 0.6 is 0 Å². The fourth-order valence-electron chi connectivity index (χ4n) is 9.47. The number of carbonyl (C=O) groups is 2. The molecule has 4 heteroatoms. The lowest BCUT2D eigenvalue weighted by Crippen LogP contribution is -2.57. The van der Waals surface area contributed by atoms with Crippen molar-refractivity contribution in [2.24, 2.45) is 46.3 Å². The lowest BCUT2D eigenvalue weighted by atomic mass is 9.54. The maximum atomic E-state index is 13.6. The van der Waals surface area contributed by atoms with Crippen molar-refractivity contribution in [3.8, 4) is 0 Å². The van der Waals surface area contributed by atoms with E-state index in [0.29, 0.717) is 0 Å². The number of ether oxygens (including phenoxy) is 2. The molecule has 8 aliphatic carbocycles. The molecular weight excluding hydrogens is 400 g/mol. The number of rotatable bonds is 5. The summed E-state index contributed by atoms with van der Waals surface area (Å²) in [6.45, 7) is 7.60. The van der Waals surface area contributed by atoms with Gasteiger partial charge in [-0.25, -0.2) is 0 Å². The summed E-state index contributed by atoms with van der Waals surface area (Å²) in [4.78, 5) is 27.3. The van der Waals surface area contributed by atoms with Gasteiger partial charge in [-0.15, -0.1) is 0 Å². The summed E-state index contributed by atoms with van der Waals surface area (Å²) >= 11 is 0. The van der Waals surface area contributed by atoms with Crippen molar-refractivity contribution in [1.29, 1.82) is 0 Å². The Hall–Kier alpha value is -1.06. The molecule has 0 amide bonds. The zero-order valence-corrected chi connectivity index (χ0v) is 20.6. The van der Waals surface area contributed by atoms with E-state index in [0.717, 1.165) is 74.0 Å². The Morgan fingerprint density at radius 3 is 0.969 bits per heavy atom. The Morgan fingerprint density at radius 1 is 0.531 bits per heavy atom. The van der Waals surface area contributed by atoms with Gasteiger partial charge in [-0.3, -0.25) is 9.59 Å². The maximum absolute atomic E-state index is 13.6. The highest BCUT2D eigenvalue weighted by Gasteiger charge is 2.59. The zero-order valence-electron chi connectivity index (χ0n) is 20.6. The van der Waals surface area contributed by atoms with Crippen LogP contribution in [0.2, 0.25) is 0 Å². The van der Waals surface area contributed by atoms with Gasteiger partial charge in [0.15, 0.2) is 0 Å². The van der Waals surface area contributed by atoms with Crippen LogP contribution in [0.1, 0.15) is 105 Å². The van der Waals surface area contributed by atoms with E-state index in [1.165, 1.54) is 38.5 Å². The summed E-state index contributed by atoms with van der Waals surface area (Å²) in [5, 5.41) is 0. The molecule has 8 fully saturated rings. The summed E-state index contributed by atoms with van der Waals surface area (Å²) in [6, 6.07) is 0. The van der Waals surface area contributed by atoms with Crippen LogP contribution in [-0.2, 0) is 19.1 Å². The van der Waals surface area contributed by atoms with Gasteiger partial charge in [-0.1, -0.05) is 0 Å². The predicted molar refractivity (Wildman–Crippen MR) is 122 cm³/mol. The van der Waals surface area contributed by atoms with E-state index in [4.69, 9.17) is 9.47 Å². The smallest absolute Gasteiger partial charge is 0.313 e. The second-order valence-electron chi connectivity index (χ2n) is 14.2. The first-order valence-corrected chi connectivity index (χ1v) is 13.4. The van der Waals surface area contributed by atoms with Crippen molar-refractivity contribution in [3.63, 3.8) is 0 Å². The zero-order chi connectivity index (χ0) is 22.5. The third kappa shape index (κ3) is 3.21. The van der Waals surface area contributed by atoms with Crippen molar-refractivity contribution in [3.05, 3.63) is 0 Å². The second kappa shape index (κ2) is 6.75. The fourth-order valence-corrected chi connectivity index (χ4v) is 9.47. The van der Waals surface area contributed by atoms with Crippen LogP contribution in [0.15, 0.2) is 0 Å². The fraction of sp³-hybridized carbons (Fsp3) is 0.929. The molecule has 0 radical (unpaired) electrons. The molecule has 0 aromatic rings. The molecule has 8 rings (SSSR count). The average Bonchev–Trinajstić information content (AvgIpc) is 2.64. The predicted octanol–water partition coefficient (Wildman–Crippen LogP) is 6.06. The first kappa shape index (κ1) is 21.5. The Kier molecular flexibility index (Phi) is 4.53. The largest absolute Gasteiger partial charge is 0.459 e. The molecule has 0 aliphatic heterocycles. The Morgan fingerprint density at radius 2 is 0.750 bits per heavy atom. The molecule has 0 unspecified atom stereocenters. The van der Waals surface area contributed by atoms with E-state index >= 15 is 0 Å². The standard InChI is InChI=1S/C28H42O4/c1-25(2,23(29)31-27-11-17-5-18(12-27)7-19(6-17)13-27)26(3,4)24(30)32-28-14-20-8-21(15-28)10-22(9-20)16-28/h17-22H,5-16H2,1-4H3. The number of esters is 2. The summed E-state index contributed by atoms with van der Waals surface area (Å²) in [5.41, 5.74) is -2.39. The maximum Gasteiger partial charge on any atom is 0.313 e. The van der Waals surface area contributed by atoms with Gasteiger partial charge in [-0.2, -0.15) is 0 Å². The second-order valence-corrected chi connectivity index (χ2v) is 14.2.